The molecule has 1 aromatic rings. The predicted octanol–water partition coefficient (Wildman–Crippen LogP) is 4.56. The molecule has 0 aliphatic heterocycles. The zero-order chi connectivity index (χ0) is 11.8. The second-order valence-electron chi connectivity index (χ2n) is 5.87. The second-order valence-corrected chi connectivity index (χ2v) is 5.87. The minimum atomic E-state index is 0.747. The summed E-state index contributed by atoms with van der Waals surface area (Å²) in [6.07, 6.45) is 11.2. The van der Waals surface area contributed by atoms with E-state index in [4.69, 9.17) is 0 Å². The van der Waals surface area contributed by atoms with E-state index in [1.54, 1.807) is 17.0 Å². The number of hydrogen-bond donors (Lipinski definition) is 0. The molecule has 0 saturated carbocycles. The van der Waals surface area contributed by atoms with Gasteiger partial charge in [-0.25, -0.2) is 0 Å². The van der Waals surface area contributed by atoms with Gasteiger partial charge in [0.2, 0.25) is 0 Å². The average molecular weight is 225 g/mol. The van der Waals surface area contributed by atoms with Crippen molar-refractivity contribution in [1.29, 1.82) is 0 Å². The van der Waals surface area contributed by atoms with E-state index >= 15 is 0 Å². The van der Waals surface area contributed by atoms with Crippen molar-refractivity contribution in [3.8, 4) is 0 Å². The van der Waals surface area contributed by atoms with E-state index in [-0.39, 0.29) is 0 Å². The summed E-state index contributed by atoms with van der Waals surface area (Å²) in [5, 5.41) is 0. The highest BCUT2D eigenvalue weighted by Gasteiger charge is 2.21. The number of aryl methyl sites for hydroxylation is 2. The van der Waals surface area contributed by atoms with Crippen LogP contribution in [0.3, 0.4) is 0 Å². The van der Waals surface area contributed by atoms with Crippen LogP contribution in [-0.4, -0.2) is 0 Å². The van der Waals surface area contributed by atoms with Crippen LogP contribution in [-0.2, 0) is 12.8 Å². The van der Waals surface area contributed by atoms with Crippen LogP contribution >= 0.6 is 0 Å². The first kappa shape index (κ1) is 11.1. The van der Waals surface area contributed by atoms with Crippen molar-refractivity contribution >= 4 is 6.08 Å². The lowest BCUT2D eigenvalue weighted by atomic mass is 9.85. The van der Waals surface area contributed by atoms with E-state index in [1.165, 1.54) is 43.2 Å². The zero-order valence-corrected chi connectivity index (χ0v) is 10.9. The number of rotatable bonds is 2. The van der Waals surface area contributed by atoms with Crippen LogP contribution in [0.2, 0.25) is 0 Å². The molecular formula is C17H21. The van der Waals surface area contributed by atoms with E-state index in [2.05, 4.69) is 38.1 Å². The molecule has 0 heterocycles. The fraction of sp³-hybridized carbons (Fsp3) is 0.471. The summed E-state index contributed by atoms with van der Waals surface area (Å²) < 4.78 is 0. The number of benzene rings is 1. The van der Waals surface area contributed by atoms with Gasteiger partial charge in [0.15, 0.2) is 0 Å². The third-order valence-corrected chi connectivity index (χ3v) is 3.95. The Hall–Kier alpha value is -1.04. The lowest BCUT2D eigenvalue weighted by Gasteiger charge is -2.19. The van der Waals surface area contributed by atoms with Crippen molar-refractivity contribution in [1.82, 2.24) is 0 Å². The summed E-state index contributed by atoms with van der Waals surface area (Å²) in [6.45, 7) is 4.61. The molecule has 0 aromatic heterocycles. The lowest BCUT2D eigenvalue weighted by molar-refractivity contribution is 0.623. The monoisotopic (exact) mass is 225 g/mol. The van der Waals surface area contributed by atoms with Crippen LogP contribution in [0.4, 0.5) is 0 Å². The highest BCUT2D eigenvalue weighted by Crippen LogP contribution is 2.37. The van der Waals surface area contributed by atoms with Gasteiger partial charge in [-0.2, -0.15) is 0 Å². The quantitative estimate of drug-likeness (QED) is 0.692. The molecule has 0 amide bonds. The smallest absolute Gasteiger partial charge is 0.0276 e. The molecule has 0 saturated heterocycles. The van der Waals surface area contributed by atoms with Crippen molar-refractivity contribution in [3.63, 3.8) is 0 Å². The standard InChI is InChI=1S/C17H21/c1-12(2)9-15-7-8-16-10-13-5-3-4-6-14(13)11-17(15)16/h7-8,10-12H,3-6,9H2,1-2H3. The highest BCUT2D eigenvalue weighted by atomic mass is 14.3. The Morgan fingerprint density at radius 1 is 1.00 bits per heavy atom. The highest BCUT2D eigenvalue weighted by molar-refractivity contribution is 5.70. The summed E-state index contributed by atoms with van der Waals surface area (Å²) in [6, 6.07) is 4.91. The molecule has 0 spiro atoms. The summed E-state index contributed by atoms with van der Waals surface area (Å²) in [5.74, 6) is 2.29. The number of hydrogen-bond acceptors (Lipinski definition) is 0. The molecule has 0 fully saturated rings. The van der Waals surface area contributed by atoms with Crippen molar-refractivity contribution in [2.75, 3.05) is 0 Å². The van der Waals surface area contributed by atoms with Gasteiger partial charge in [0.1, 0.15) is 0 Å². The van der Waals surface area contributed by atoms with Gasteiger partial charge in [-0.3, -0.25) is 0 Å². The van der Waals surface area contributed by atoms with Crippen molar-refractivity contribution in [2.24, 2.45) is 5.92 Å². The van der Waals surface area contributed by atoms with Gasteiger partial charge in [-0.15, -0.1) is 0 Å². The van der Waals surface area contributed by atoms with Crippen LogP contribution in [0.15, 0.2) is 18.2 Å². The first-order chi connectivity index (χ1) is 8.24. The summed E-state index contributed by atoms with van der Waals surface area (Å²) in [5.41, 5.74) is 6.19. The summed E-state index contributed by atoms with van der Waals surface area (Å²) in [4.78, 5) is 0. The predicted molar refractivity (Wildman–Crippen MR) is 73.9 cm³/mol. The molecule has 0 nitrogen and oxygen atoms in total. The van der Waals surface area contributed by atoms with E-state index in [9.17, 15) is 0 Å². The average Bonchev–Trinajstić information content (AvgIpc) is 2.68. The lowest BCUT2D eigenvalue weighted by Crippen LogP contribution is -2.06. The fourth-order valence-electron chi connectivity index (χ4n) is 3.12. The Balaban J connectivity index is 1.95. The van der Waals surface area contributed by atoms with Crippen LogP contribution in [0.5, 0.6) is 0 Å². The minimum absolute atomic E-state index is 0.747. The molecule has 0 atom stereocenters. The Kier molecular flexibility index (Phi) is 2.82. The fourth-order valence-corrected chi connectivity index (χ4v) is 3.12. The van der Waals surface area contributed by atoms with Crippen molar-refractivity contribution in [2.45, 2.75) is 46.0 Å². The van der Waals surface area contributed by atoms with Crippen molar-refractivity contribution < 1.29 is 0 Å². The van der Waals surface area contributed by atoms with Gasteiger partial charge in [0.05, 0.1) is 0 Å². The van der Waals surface area contributed by atoms with Gasteiger partial charge >= 0.3 is 0 Å². The maximum absolute atomic E-state index is 2.47. The molecule has 1 radical (unpaired) electrons. The first-order valence-corrected chi connectivity index (χ1v) is 6.94. The maximum Gasteiger partial charge on any atom is 0.0276 e. The summed E-state index contributed by atoms with van der Waals surface area (Å²) >= 11 is 0. The Labute approximate surface area is 105 Å². The van der Waals surface area contributed by atoms with E-state index < -0.39 is 0 Å². The molecule has 17 heavy (non-hydrogen) atoms. The van der Waals surface area contributed by atoms with Gasteiger partial charge in [-0.05, 0) is 60.3 Å². The molecule has 3 rings (SSSR count). The van der Waals surface area contributed by atoms with Gasteiger partial charge in [0.25, 0.3) is 0 Å². The molecule has 1 aromatic carbocycles. The van der Waals surface area contributed by atoms with E-state index in [0.29, 0.717) is 0 Å². The number of allylic oxidation sites excluding steroid dienone is 1. The SMILES string of the molecule is CC(C)C[C]1C=Cc2cc3c(cc21)CCCC3. The van der Waals surface area contributed by atoms with Gasteiger partial charge in [0, 0.05) is 5.92 Å². The summed E-state index contributed by atoms with van der Waals surface area (Å²) in [7, 11) is 0. The molecule has 0 bridgehead atoms. The minimum Gasteiger partial charge on any atom is -0.0721 e. The number of fused-ring (bicyclic) bond motifs is 2. The van der Waals surface area contributed by atoms with Gasteiger partial charge < -0.3 is 0 Å². The molecule has 0 heteroatoms. The first-order valence-electron chi connectivity index (χ1n) is 6.94. The van der Waals surface area contributed by atoms with Crippen LogP contribution < -0.4 is 0 Å². The Morgan fingerprint density at radius 3 is 2.41 bits per heavy atom. The second kappa shape index (κ2) is 4.33. The maximum atomic E-state index is 2.47. The van der Waals surface area contributed by atoms with Crippen LogP contribution in [0, 0.1) is 11.8 Å². The molecule has 0 N–H and O–H groups in total. The largest absolute Gasteiger partial charge is 0.0721 e. The van der Waals surface area contributed by atoms with Gasteiger partial charge in [-0.1, -0.05) is 38.1 Å². The molecule has 2 aliphatic carbocycles. The molecule has 2 aliphatic rings. The topological polar surface area (TPSA) is 0 Å². The zero-order valence-electron chi connectivity index (χ0n) is 10.9. The Morgan fingerprint density at radius 2 is 1.71 bits per heavy atom. The third-order valence-electron chi connectivity index (χ3n) is 3.95. The molecule has 89 valence electrons. The van der Waals surface area contributed by atoms with Crippen LogP contribution in [0.25, 0.3) is 6.08 Å². The van der Waals surface area contributed by atoms with Crippen LogP contribution in [0.1, 0.15) is 55.4 Å². The third kappa shape index (κ3) is 2.06. The normalized spacial score (nSPS) is 18.5. The Bertz CT molecular complexity index is 451. The van der Waals surface area contributed by atoms with E-state index in [0.717, 1.165) is 5.92 Å². The van der Waals surface area contributed by atoms with Crippen molar-refractivity contribution in [3.05, 3.63) is 46.4 Å². The molecule has 0 unspecified atom stereocenters. The van der Waals surface area contributed by atoms with E-state index in [1.807, 2.05) is 0 Å². The molecular weight excluding hydrogens is 204 g/mol.